The van der Waals surface area contributed by atoms with Gasteiger partial charge >= 0.3 is 0 Å². The fourth-order valence-electron chi connectivity index (χ4n) is 10.8. The first-order valence-electron chi connectivity index (χ1n) is 33.1. The van der Waals surface area contributed by atoms with Crippen LogP contribution in [0.25, 0.3) is 0 Å². The highest BCUT2D eigenvalue weighted by Crippen LogP contribution is 1.98. The number of nitrogens with one attached hydrogen (secondary N) is 17. The minimum Gasteiger partial charge on any atom is -0.314 e. The topological polar surface area (TPSA) is 227 Å². The van der Waals surface area contributed by atoms with Crippen molar-refractivity contribution in [3.8, 4) is 0 Å². The molecule has 2 atom stereocenters. The molecule has 0 radical (unpaired) electrons. The second-order valence-corrected chi connectivity index (χ2v) is 23.2. The third-order valence-electron chi connectivity index (χ3n) is 16.2. The van der Waals surface area contributed by atoms with E-state index in [2.05, 4.69) is 146 Å². The van der Waals surface area contributed by atoms with Crippen molar-refractivity contribution in [2.45, 2.75) is 25.9 Å². The Bertz CT molecular complexity index is 1270. The average Bonchev–Trinajstić information content (AvgIpc) is 3.46. The number of nitrogens with zero attached hydrogens (tertiary/aromatic N) is 7. The Balaban J connectivity index is 0.000000261. The van der Waals surface area contributed by atoms with Crippen LogP contribution in [0.15, 0.2) is 0 Å². The van der Waals surface area contributed by atoms with E-state index in [0.29, 0.717) is 12.1 Å². The Morgan fingerprint density at radius 1 is 0.222 bits per heavy atom. The molecule has 24 nitrogen and oxygen atoms in total. The summed E-state index contributed by atoms with van der Waals surface area (Å²) in [6.45, 7) is 60.7. The first kappa shape index (κ1) is 72.5. The van der Waals surface area contributed by atoms with Crippen LogP contribution in [-0.4, -0.2) is 394 Å². The zero-order valence-electron chi connectivity index (χ0n) is 52.6. The maximum absolute atomic E-state index is 3.68. The monoisotopic (exact) mass is 1150 g/mol. The average molecular weight is 1150 g/mol. The molecule has 9 aliphatic rings. The molecule has 81 heavy (non-hydrogen) atoms. The number of hydrogen-bond acceptors (Lipinski definition) is 24. The fraction of sp³-hybridized carbons (Fsp3) is 1.00. The summed E-state index contributed by atoms with van der Waals surface area (Å²) in [4.78, 5) is 17.9. The molecule has 0 aromatic rings. The second kappa shape index (κ2) is 53.3. The van der Waals surface area contributed by atoms with Crippen LogP contribution in [0.4, 0.5) is 0 Å². The molecule has 9 rings (SSSR count). The second-order valence-electron chi connectivity index (χ2n) is 23.2. The SMILES string of the molecule is CC1CN2CCNCCNCCN(CCNCCNCC2)CCNCCN1.CC1CNCCNCCN2CCNCCNCCN1CCNCCNCC2.CN1CCNCCN2CCNCCNCCN(CCNCCNCC2)CC1. The zero-order valence-corrected chi connectivity index (χ0v) is 52.6. The predicted octanol–water partition coefficient (Wildman–Crippen LogP) is -7.42. The lowest BCUT2D eigenvalue weighted by Crippen LogP contribution is -2.48. The van der Waals surface area contributed by atoms with Gasteiger partial charge in [-0.05, 0) is 20.9 Å². The summed E-state index contributed by atoms with van der Waals surface area (Å²) in [6.07, 6.45) is 0. The molecule has 9 heterocycles. The van der Waals surface area contributed by atoms with Gasteiger partial charge in [0.15, 0.2) is 0 Å². The number of rotatable bonds is 0. The number of likely N-dealkylation sites (N-methyl/N-ethyl adjacent to an activating group) is 1. The van der Waals surface area contributed by atoms with Crippen LogP contribution in [-0.2, 0) is 0 Å². The quantitative estimate of drug-likeness (QED) is 0.108. The van der Waals surface area contributed by atoms with Gasteiger partial charge in [-0.2, -0.15) is 0 Å². The Labute approximate surface area is 496 Å². The standard InChI is InChI=1S/3C19H44N8/c1-25-12-6-24-11-15-26-13-7-20-2-4-22-9-16-27(19-18-25)17-10-23-5-3-21-8-14-26;1-19-18-25-7-6-22-10-15-26-13-8-20-2-4-23-11-16-27(19)17-12-24-5-3-21-9-14-26;1-19-18-27-16-11-22-4-2-20-8-13-26(15-10-24-6-7-25-19)14-9-21-3-5-23-12-17-27/h20-24H,2-19H2,1H3;2*19-25H,2-18H2,1H3. The molecule has 0 aromatic heterocycles. The zero-order chi connectivity index (χ0) is 57.0. The van der Waals surface area contributed by atoms with E-state index in [1.165, 1.54) is 0 Å². The Morgan fingerprint density at radius 3 is 0.778 bits per heavy atom. The van der Waals surface area contributed by atoms with Crippen LogP contribution in [0.1, 0.15) is 13.8 Å². The van der Waals surface area contributed by atoms with Crippen LogP contribution in [0, 0.1) is 0 Å². The van der Waals surface area contributed by atoms with Gasteiger partial charge < -0.3 is 95.3 Å². The summed E-state index contributed by atoms with van der Waals surface area (Å²) < 4.78 is 0. The van der Waals surface area contributed by atoms with Gasteiger partial charge in [-0.25, -0.2) is 0 Å². The summed E-state index contributed by atoms with van der Waals surface area (Å²) >= 11 is 0. The molecular formula is C57H132N24. The molecular weight excluding hydrogens is 1020 g/mol. The van der Waals surface area contributed by atoms with Gasteiger partial charge in [-0.3, -0.25) is 29.4 Å². The molecule has 2 unspecified atom stereocenters. The van der Waals surface area contributed by atoms with E-state index in [9.17, 15) is 0 Å². The van der Waals surface area contributed by atoms with Gasteiger partial charge in [0, 0.05) is 352 Å². The van der Waals surface area contributed by atoms with E-state index in [0.717, 1.165) is 340 Å². The van der Waals surface area contributed by atoms with Crippen LogP contribution in [0.3, 0.4) is 0 Å². The molecule has 0 saturated carbocycles. The van der Waals surface area contributed by atoms with Crippen molar-refractivity contribution in [2.75, 3.05) is 347 Å². The lowest BCUT2D eigenvalue weighted by atomic mass is 10.2. The number of hydrogen-bond donors (Lipinski definition) is 17. The lowest BCUT2D eigenvalue weighted by molar-refractivity contribution is 0.204. The van der Waals surface area contributed by atoms with Crippen molar-refractivity contribution in [3.05, 3.63) is 0 Å². The van der Waals surface area contributed by atoms with Gasteiger partial charge in [0.1, 0.15) is 0 Å². The van der Waals surface area contributed by atoms with Crippen molar-refractivity contribution in [2.24, 2.45) is 0 Å². The predicted molar refractivity (Wildman–Crippen MR) is 344 cm³/mol. The van der Waals surface area contributed by atoms with Crippen molar-refractivity contribution in [1.29, 1.82) is 0 Å². The fourth-order valence-corrected chi connectivity index (χ4v) is 10.8. The van der Waals surface area contributed by atoms with E-state index in [-0.39, 0.29) is 0 Å². The maximum atomic E-state index is 3.68. The minimum absolute atomic E-state index is 0.518. The molecule has 0 aliphatic carbocycles. The van der Waals surface area contributed by atoms with Crippen molar-refractivity contribution < 1.29 is 0 Å². The van der Waals surface area contributed by atoms with E-state index in [1.807, 2.05) is 0 Å². The Hall–Kier alpha value is -0.960. The number of fused-ring (bicyclic) bond motifs is 63. The van der Waals surface area contributed by atoms with Crippen LogP contribution in [0.2, 0.25) is 0 Å². The van der Waals surface area contributed by atoms with Gasteiger partial charge in [0.25, 0.3) is 0 Å². The molecule has 0 amide bonds. The van der Waals surface area contributed by atoms with Crippen LogP contribution >= 0.6 is 0 Å². The van der Waals surface area contributed by atoms with E-state index >= 15 is 0 Å². The Morgan fingerprint density at radius 2 is 0.457 bits per heavy atom. The molecule has 9 aliphatic heterocycles. The van der Waals surface area contributed by atoms with Crippen LogP contribution < -0.4 is 90.4 Å². The Kier molecular flexibility index (Phi) is 47.7. The third-order valence-corrected chi connectivity index (χ3v) is 16.2. The summed E-state index contributed by atoms with van der Waals surface area (Å²) in [6, 6.07) is 1.07. The third kappa shape index (κ3) is 42.5. The minimum atomic E-state index is 0.518. The van der Waals surface area contributed by atoms with Gasteiger partial charge in [-0.1, -0.05) is 0 Å². The molecule has 17 N–H and O–H groups in total. The van der Waals surface area contributed by atoms with E-state index < -0.39 is 0 Å². The molecule has 9 saturated heterocycles. The summed E-state index contributed by atoms with van der Waals surface area (Å²) in [5.41, 5.74) is 0. The lowest BCUT2D eigenvalue weighted by Gasteiger charge is -2.30. The summed E-state index contributed by atoms with van der Waals surface area (Å²) in [5, 5.41) is 61.2. The molecule has 0 aromatic carbocycles. The van der Waals surface area contributed by atoms with Crippen molar-refractivity contribution in [3.63, 3.8) is 0 Å². The van der Waals surface area contributed by atoms with E-state index in [4.69, 9.17) is 0 Å². The highest BCUT2D eigenvalue weighted by atomic mass is 15.2. The highest BCUT2D eigenvalue weighted by Gasteiger charge is 2.15. The normalized spacial score (nSPS) is 31.9. The first-order chi connectivity index (χ1) is 40.0. The highest BCUT2D eigenvalue weighted by molar-refractivity contribution is 4.76. The van der Waals surface area contributed by atoms with Crippen LogP contribution in [0.5, 0.6) is 0 Å². The summed E-state index contributed by atoms with van der Waals surface area (Å²) in [7, 11) is 2.25. The summed E-state index contributed by atoms with van der Waals surface area (Å²) in [5.74, 6) is 0. The van der Waals surface area contributed by atoms with Gasteiger partial charge in [0.2, 0.25) is 0 Å². The van der Waals surface area contributed by atoms with Gasteiger partial charge in [-0.15, -0.1) is 0 Å². The molecule has 0 spiro atoms. The van der Waals surface area contributed by atoms with Crippen molar-refractivity contribution >= 4 is 0 Å². The molecule has 9 fully saturated rings. The van der Waals surface area contributed by atoms with E-state index in [1.54, 1.807) is 0 Å². The van der Waals surface area contributed by atoms with Gasteiger partial charge in [0.05, 0.1) is 0 Å². The molecule has 24 heteroatoms. The molecule has 6 bridgehead atoms. The maximum Gasteiger partial charge on any atom is 0.0193 e. The largest absolute Gasteiger partial charge is 0.314 e. The molecule has 480 valence electrons. The first-order valence-corrected chi connectivity index (χ1v) is 33.1. The van der Waals surface area contributed by atoms with Crippen molar-refractivity contribution in [1.82, 2.24) is 125 Å². The smallest absolute Gasteiger partial charge is 0.0193 e.